The van der Waals surface area contributed by atoms with Gasteiger partial charge < -0.3 is 0 Å². The van der Waals surface area contributed by atoms with E-state index in [2.05, 4.69) is 52.5 Å². The summed E-state index contributed by atoms with van der Waals surface area (Å²) in [5.41, 5.74) is 0. The fourth-order valence-electron chi connectivity index (χ4n) is 2.35. The third-order valence-corrected chi connectivity index (χ3v) is 8.33. The highest BCUT2D eigenvalue weighted by Crippen LogP contribution is 2.51. The van der Waals surface area contributed by atoms with E-state index in [0.29, 0.717) is 0 Å². The number of rotatable bonds is 14. The van der Waals surface area contributed by atoms with E-state index >= 15 is 0 Å². The molecule has 0 amide bonds. The first kappa shape index (κ1) is 20.8. The second-order valence-corrected chi connectivity index (χ2v) is 8.97. The van der Waals surface area contributed by atoms with Crippen molar-refractivity contribution in [2.24, 2.45) is 0 Å². The van der Waals surface area contributed by atoms with Gasteiger partial charge in [-0.25, -0.2) is 0 Å². The normalized spacial score (nSPS) is 13.3. The van der Waals surface area contributed by atoms with Crippen molar-refractivity contribution < 1.29 is 0 Å². The summed E-state index contributed by atoms with van der Waals surface area (Å²) in [7, 11) is 0. The summed E-state index contributed by atoms with van der Waals surface area (Å²) in [6, 6.07) is 0. The molecule has 0 aliphatic heterocycles. The Morgan fingerprint density at radius 3 is 1.45 bits per heavy atom. The largest absolute Gasteiger partial charge is 0.262 e. The summed E-state index contributed by atoms with van der Waals surface area (Å²) in [6.07, 6.45) is 10.9. The molecule has 0 saturated carbocycles. The molecule has 0 N–H and O–H groups in total. The minimum absolute atomic E-state index is 0.270. The third kappa shape index (κ3) is 9.71. The molecule has 0 heterocycles. The molecule has 0 aromatic heterocycles. The van der Waals surface area contributed by atoms with E-state index in [1.54, 1.807) is 0 Å². The first-order valence-electron chi connectivity index (χ1n) is 8.66. The van der Waals surface area contributed by atoms with Gasteiger partial charge in [0.2, 0.25) is 0 Å². The van der Waals surface area contributed by atoms with Gasteiger partial charge in [-0.1, -0.05) is 66.2 Å². The van der Waals surface area contributed by atoms with Crippen molar-refractivity contribution >= 4 is 22.4 Å². The van der Waals surface area contributed by atoms with Gasteiger partial charge in [-0.15, -0.1) is 0 Å². The predicted octanol–water partition coefficient (Wildman–Crippen LogP) is 6.41. The fourth-order valence-corrected chi connectivity index (χ4v) is 6.09. The number of hydrogen-bond acceptors (Lipinski definition) is 2. The first-order chi connectivity index (χ1) is 9.71. The van der Waals surface area contributed by atoms with Crippen molar-refractivity contribution in [1.29, 1.82) is 0 Å². The van der Waals surface area contributed by atoms with Gasteiger partial charge >= 0.3 is 0 Å². The standard InChI is InChI=1S/C16H36BrN2P/c1-5-9-11-13-15-19(16-14-12-10-6-2)20(17)18(7-3)8-4/h5-16H2,1-4H3. The summed E-state index contributed by atoms with van der Waals surface area (Å²) in [5, 5.41) is 0. The van der Waals surface area contributed by atoms with Crippen LogP contribution in [-0.4, -0.2) is 35.5 Å². The highest BCUT2D eigenvalue weighted by atomic mass is 79.9. The zero-order valence-corrected chi connectivity index (χ0v) is 16.7. The molecule has 0 bridgehead atoms. The molecule has 2 nitrogen and oxygen atoms in total. The molecule has 0 aliphatic carbocycles. The van der Waals surface area contributed by atoms with Gasteiger partial charge in [0, 0.05) is 26.2 Å². The maximum atomic E-state index is 3.99. The Hall–Kier alpha value is 0.830. The number of hydrogen-bond donors (Lipinski definition) is 0. The van der Waals surface area contributed by atoms with Crippen LogP contribution in [0.5, 0.6) is 0 Å². The minimum atomic E-state index is -0.270. The van der Waals surface area contributed by atoms with Crippen molar-refractivity contribution in [1.82, 2.24) is 9.34 Å². The summed E-state index contributed by atoms with van der Waals surface area (Å²) in [6.45, 7) is 13.7. The maximum absolute atomic E-state index is 3.99. The lowest BCUT2D eigenvalue weighted by molar-refractivity contribution is 0.386. The van der Waals surface area contributed by atoms with Gasteiger partial charge in [0.15, 0.2) is 0 Å². The first-order valence-corrected chi connectivity index (χ1v) is 11.9. The minimum Gasteiger partial charge on any atom is -0.262 e. The van der Waals surface area contributed by atoms with E-state index < -0.39 is 0 Å². The molecule has 0 aliphatic rings. The molecule has 0 aromatic carbocycles. The summed E-state index contributed by atoms with van der Waals surface area (Å²) in [4.78, 5) is 0. The monoisotopic (exact) mass is 366 g/mol. The van der Waals surface area contributed by atoms with Crippen LogP contribution in [0, 0.1) is 0 Å². The summed E-state index contributed by atoms with van der Waals surface area (Å²) < 4.78 is 5.27. The molecule has 0 rings (SSSR count). The fraction of sp³-hybridized carbons (Fsp3) is 1.00. The number of unbranched alkanes of at least 4 members (excludes halogenated alkanes) is 6. The average molecular weight is 367 g/mol. The second-order valence-electron chi connectivity index (χ2n) is 5.45. The lowest BCUT2D eigenvalue weighted by atomic mass is 10.2. The molecule has 0 radical (unpaired) electrons. The van der Waals surface area contributed by atoms with E-state index in [9.17, 15) is 0 Å². The topological polar surface area (TPSA) is 6.48 Å². The van der Waals surface area contributed by atoms with Crippen LogP contribution in [0.1, 0.15) is 79.1 Å². The Labute approximate surface area is 137 Å². The van der Waals surface area contributed by atoms with Crippen LogP contribution in [0.3, 0.4) is 0 Å². The van der Waals surface area contributed by atoms with Crippen molar-refractivity contribution in [2.45, 2.75) is 79.1 Å². The van der Waals surface area contributed by atoms with Gasteiger partial charge in [0.1, 0.15) is 6.93 Å². The van der Waals surface area contributed by atoms with Crippen LogP contribution in [-0.2, 0) is 0 Å². The van der Waals surface area contributed by atoms with E-state index in [0.717, 1.165) is 13.1 Å². The van der Waals surface area contributed by atoms with Crippen molar-refractivity contribution in [3.05, 3.63) is 0 Å². The summed E-state index contributed by atoms with van der Waals surface area (Å²) in [5.74, 6) is 0. The molecular formula is C16H36BrN2P. The van der Waals surface area contributed by atoms with Crippen molar-refractivity contribution in [3.63, 3.8) is 0 Å². The molecule has 1 unspecified atom stereocenters. The Balaban J connectivity index is 4.20. The predicted molar refractivity (Wildman–Crippen MR) is 98.6 cm³/mol. The molecule has 4 heteroatoms. The SMILES string of the molecule is CCCCCCN(CCCCCC)P(Br)N(CC)CC. The number of halogens is 1. The maximum Gasteiger partial charge on any atom is 0.113 e. The Bertz CT molecular complexity index is 189. The van der Waals surface area contributed by atoms with Gasteiger partial charge in [0.25, 0.3) is 0 Å². The molecule has 1 atom stereocenters. The lowest BCUT2D eigenvalue weighted by Gasteiger charge is -2.34. The van der Waals surface area contributed by atoms with Gasteiger partial charge in [-0.05, 0) is 28.3 Å². The number of nitrogens with zero attached hydrogens (tertiary/aromatic N) is 2. The molecule has 0 spiro atoms. The van der Waals surface area contributed by atoms with Crippen LogP contribution in [0.4, 0.5) is 0 Å². The van der Waals surface area contributed by atoms with Crippen LogP contribution in [0.25, 0.3) is 0 Å². The zero-order valence-electron chi connectivity index (χ0n) is 14.2. The van der Waals surface area contributed by atoms with Gasteiger partial charge in [-0.2, -0.15) is 0 Å². The molecule has 0 saturated heterocycles. The second kappa shape index (κ2) is 14.8. The van der Waals surface area contributed by atoms with Crippen LogP contribution in [0.15, 0.2) is 0 Å². The Morgan fingerprint density at radius 2 is 1.10 bits per heavy atom. The molecule has 0 fully saturated rings. The van der Waals surface area contributed by atoms with Crippen molar-refractivity contribution in [2.75, 3.05) is 26.2 Å². The van der Waals surface area contributed by atoms with Gasteiger partial charge in [-0.3, -0.25) is 9.34 Å². The molecular weight excluding hydrogens is 331 g/mol. The quantitative estimate of drug-likeness (QED) is 0.258. The van der Waals surface area contributed by atoms with E-state index in [1.807, 2.05) is 0 Å². The van der Waals surface area contributed by atoms with Gasteiger partial charge in [0.05, 0.1) is 0 Å². The summed E-state index contributed by atoms with van der Waals surface area (Å²) >= 11 is 3.99. The van der Waals surface area contributed by atoms with E-state index in [1.165, 1.54) is 64.5 Å². The molecule has 20 heavy (non-hydrogen) atoms. The third-order valence-electron chi connectivity index (χ3n) is 3.74. The lowest BCUT2D eigenvalue weighted by Crippen LogP contribution is -2.28. The average Bonchev–Trinajstić information content (AvgIpc) is 2.46. The van der Waals surface area contributed by atoms with E-state index in [4.69, 9.17) is 0 Å². The zero-order chi connectivity index (χ0) is 15.2. The highest BCUT2D eigenvalue weighted by Gasteiger charge is 2.20. The van der Waals surface area contributed by atoms with E-state index in [-0.39, 0.29) is 6.93 Å². The van der Waals surface area contributed by atoms with Crippen LogP contribution in [0.2, 0.25) is 0 Å². The Kier molecular flexibility index (Phi) is 15.4. The molecule has 122 valence electrons. The van der Waals surface area contributed by atoms with Crippen LogP contribution < -0.4 is 0 Å². The smallest absolute Gasteiger partial charge is 0.113 e. The Morgan fingerprint density at radius 1 is 0.650 bits per heavy atom. The molecule has 0 aromatic rings. The van der Waals surface area contributed by atoms with Crippen LogP contribution >= 0.6 is 22.4 Å². The highest BCUT2D eigenvalue weighted by molar-refractivity contribution is 9.38. The van der Waals surface area contributed by atoms with Crippen molar-refractivity contribution in [3.8, 4) is 0 Å².